The van der Waals surface area contributed by atoms with Gasteiger partial charge in [0.1, 0.15) is 5.76 Å². The minimum atomic E-state index is -2.90. The summed E-state index contributed by atoms with van der Waals surface area (Å²) in [5, 5.41) is 5.53. The van der Waals surface area contributed by atoms with Gasteiger partial charge >= 0.3 is 6.03 Å². The van der Waals surface area contributed by atoms with Gasteiger partial charge in [0.2, 0.25) is 0 Å². The Bertz CT molecular complexity index is 583. The molecule has 0 aromatic carbocycles. The monoisotopic (exact) mass is 329 g/mol. The van der Waals surface area contributed by atoms with Crippen molar-refractivity contribution in [2.45, 2.75) is 12.5 Å². The van der Waals surface area contributed by atoms with Crippen molar-refractivity contribution in [1.82, 2.24) is 15.5 Å². The quantitative estimate of drug-likeness (QED) is 0.798. The zero-order valence-electron chi connectivity index (χ0n) is 12.9. The Balaban J connectivity index is 1.75. The van der Waals surface area contributed by atoms with E-state index in [0.29, 0.717) is 19.5 Å². The number of nitrogens with zero attached hydrogens (tertiary/aromatic N) is 1. The molecule has 2 amide bonds. The number of rotatable bonds is 6. The highest BCUT2D eigenvalue weighted by molar-refractivity contribution is 7.91. The fraction of sp³-hybridized carbons (Fsp3) is 0.643. The van der Waals surface area contributed by atoms with E-state index in [0.717, 1.165) is 5.76 Å². The molecule has 1 aromatic heterocycles. The van der Waals surface area contributed by atoms with E-state index in [-0.39, 0.29) is 29.5 Å². The highest BCUT2D eigenvalue weighted by Gasteiger charge is 2.28. The molecule has 2 heterocycles. The molecule has 1 saturated heterocycles. The third-order valence-electron chi connectivity index (χ3n) is 3.83. The molecule has 0 saturated carbocycles. The third kappa shape index (κ3) is 4.74. The topological polar surface area (TPSA) is 91.7 Å². The van der Waals surface area contributed by atoms with Crippen molar-refractivity contribution < 1.29 is 17.6 Å². The SMILES string of the molecule is CN(C)C(CNC(=O)NCC1CCS(=O)(=O)C1)c1ccco1. The molecule has 0 spiro atoms. The predicted molar refractivity (Wildman–Crippen MR) is 83.3 cm³/mol. The number of hydrogen-bond acceptors (Lipinski definition) is 5. The third-order valence-corrected chi connectivity index (χ3v) is 5.67. The Morgan fingerprint density at radius 2 is 2.23 bits per heavy atom. The van der Waals surface area contributed by atoms with Crippen LogP contribution < -0.4 is 10.6 Å². The minimum Gasteiger partial charge on any atom is -0.468 e. The average Bonchev–Trinajstić information content (AvgIpc) is 3.06. The average molecular weight is 329 g/mol. The second-order valence-corrected chi connectivity index (χ2v) is 8.08. The number of likely N-dealkylation sites (N-methyl/N-ethyl adjacent to an activating group) is 1. The maximum Gasteiger partial charge on any atom is 0.314 e. The van der Waals surface area contributed by atoms with Gasteiger partial charge in [-0.25, -0.2) is 13.2 Å². The minimum absolute atomic E-state index is 0.0190. The summed E-state index contributed by atoms with van der Waals surface area (Å²) >= 11 is 0. The Labute approximate surface area is 131 Å². The standard InChI is InChI=1S/C14H23N3O4S/c1-17(2)12(13-4-3-6-21-13)9-16-14(18)15-8-11-5-7-22(19,20)10-11/h3-4,6,11-12H,5,7-10H2,1-2H3,(H2,15,16,18). The van der Waals surface area contributed by atoms with E-state index in [1.807, 2.05) is 31.1 Å². The number of carbonyl (C=O) groups excluding carboxylic acids is 1. The summed E-state index contributed by atoms with van der Waals surface area (Å²) < 4.78 is 28.1. The first-order chi connectivity index (χ1) is 10.4. The summed E-state index contributed by atoms with van der Waals surface area (Å²) in [6.45, 7) is 0.799. The van der Waals surface area contributed by atoms with Crippen LogP contribution >= 0.6 is 0 Å². The molecule has 2 unspecified atom stereocenters. The van der Waals surface area contributed by atoms with Crippen LogP contribution in [0.4, 0.5) is 4.79 Å². The van der Waals surface area contributed by atoms with Crippen LogP contribution in [-0.4, -0.2) is 58.0 Å². The van der Waals surface area contributed by atoms with E-state index in [2.05, 4.69) is 10.6 Å². The van der Waals surface area contributed by atoms with Gasteiger partial charge in [-0.05, 0) is 38.6 Å². The molecule has 0 bridgehead atoms. The molecular weight excluding hydrogens is 306 g/mol. The first kappa shape index (κ1) is 16.8. The van der Waals surface area contributed by atoms with Crippen molar-refractivity contribution in [3.63, 3.8) is 0 Å². The molecular formula is C14H23N3O4S. The van der Waals surface area contributed by atoms with Crippen LogP contribution in [0.15, 0.2) is 22.8 Å². The Hall–Kier alpha value is -1.54. The number of sulfone groups is 1. The summed E-state index contributed by atoms with van der Waals surface area (Å²) in [4.78, 5) is 13.8. The van der Waals surface area contributed by atoms with Crippen LogP contribution in [0.1, 0.15) is 18.2 Å². The van der Waals surface area contributed by atoms with E-state index in [4.69, 9.17) is 4.42 Å². The predicted octanol–water partition coefficient (Wildman–Crippen LogP) is 0.616. The second kappa shape index (κ2) is 7.15. The van der Waals surface area contributed by atoms with Gasteiger partial charge in [-0.3, -0.25) is 4.90 Å². The highest BCUT2D eigenvalue weighted by Crippen LogP contribution is 2.18. The zero-order chi connectivity index (χ0) is 16.2. The van der Waals surface area contributed by atoms with E-state index in [9.17, 15) is 13.2 Å². The van der Waals surface area contributed by atoms with Gasteiger partial charge in [-0.2, -0.15) is 0 Å². The lowest BCUT2D eigenvalue weighted by molar-refractivity contribution is 0.224. The van der Waals surface area contributed by atoms with Gasteiger partial charge < -0.3 is 15.1 Å². The second-order valence-electron chi connectivity index (χ2n) is 5.85. The molecule has 1 fully saturated rings. The van der Waals surface area contributed by atoms with Crippen LogP contribution in [0.3, 0.4) is 0 Å². The van der Waals surface area contributed by atoms with Gasteiger partial charge in [0.05, 0.1) is 23.8 Å². The lowest BCUT2D eigenvalue weighted by Gasteiger charge is -2.22. The molecule has 8 heteroatoms. The van der Waals surface area contributed by atoms with E-state index >= 15 is 0 Å². The van der Waals surface area contributed by atoms with E-state index in [1.54, 1.807) is 6.26 Å². The molecule has 0 radical (unpaired) electrons. The van der Waals surface area contributed by atoms with Crippen molar-refractivity contribution in [3.8, 4) is 0 Å². The molecule has 1 aliphatic heterocycles. The summed E-state index contributed by atoms with van der Waals surface area (Å²) in [5.41, 5.74) is 0. The molecule has 1 aliphatic rings. The molecule has 0 aliphatic carbocycles. The summed E-state index contributed by atoms with van der Waals surface area (Å²) in [5.74, 6) is 1.19. The number of hydrogen-bond donors (Lipinski definition) is 2. The van der Waals surface area contributed by atoms with Crippen molar-refractivity contribution in [3.05, 3.63) is 24.2 Å². The van der Waals surface area contributed by atoms with Gasteiger partial charge in [0, 0.05) is 13.1 Å². The van der Waals surface area contributed by atoms with Crippen LogP contribution in [0.2, 0.25) is 0 Å². The first-order valence-electron chi connectivity index (χ1n) is 7.29. The van der Waals surface area contributed by atoms with Crippen molar-refractivity contribution in [1.29, 1.82) is 0 Å². The fourth-order valence-electron chi connectivity index (χ4n) is 2.54. The van der Waals surface area contributed by atoms with Crippen molar-refractivity contribution in [2.24, 2.45) is 5.92 Å². The highest BCUT2D eigenvalue weighted by atomic mass is 32.2. The van der Waals surface area contributed by atoms with Crippen molar-refractivity contribution in [2.75, 3.05) is 38.7 Å². The maximum absolute atomic E-state index is 11.8. The molecule has 2 atom stereocenters. The van der Waals surface area contributed by atoms with Crippen molar-refractivity contribution >= 4 is 15.9 Å². The lowest BCUT2D eigenvalue weighted by Crippen LogP contribution is -2.42. The molecule has 1 aromatic rings. The number of urea groups is 1. The number of amides is 2. The van der Waals surface area contributed by atoms with Crippen LogP contribution in [0.5, 0.6) is 0 Å². The van der Waals surface area contributed by atoms with E-state index < -0.39 is 9.84 Å². The molecule has 2 rings (SSSR count). The largest absolute Gasteiger partial charge is 0.468 e. The number of carbonyl (C=O) groups is 1. The Morgan fingerprint density at radius 3 is 2.77 bits per heavy atom. The van der Waals surface area contributed by atoms with Gasteiger partial charge in [-0.1, -0.05) is 0 Å². The maximum atomic E-state index is 11.8. The normalized spacial score (nSPS) is 21.7. The fourth-order valence-corrected chi connectivity index (χ4v) is 4.40. The summed E-state index contributed by atoms with van der Waals surface area (Å²) in [7, 11) is 0.925. The lowest BCUT2D eigenvalue weighted by atomic mass is 10.1. The Kier molecular flexibility index (Phi) is 5.47. The van der Waals surface area contributed by atoms with Crippen LogP contribution in [0, 0.1) is 5.92 Å². The zero-order valence-corrected chi connectivity index (χ0v) is 13.7. The molecule has 22 heavy (non-hydrogen) atoms. The summed E-state index contributed by atoms with van der Waals surface area (Å²) in [6, 6.07) is 3.34. The van der Waals surface area contributed by atoms with E-state index in [1.165, 1.54) is 0 Å². The summed E-state index contributed by atoms with van der Waals surface area (Å²) in [6.07, 6.45) is 2.22. The van der Waals surface area contributed by atoms with Gasteiger partial charge in [0.25, 0.3) is 0 Å². The van der Waals surface area contributed by atoms with Gasteiger partial charge in [-0.15, -0.1) is 0 Å². The van der Waals surface area contributed by atoms with Crippen LogP contribution in [-0.2, 0) is 9.84 Å². The molecule has 2 N–H and O–H groups in total. The smallest absolute Gasteiger partial charge is 0.314 e. The Morgan fingerprint density at radius 1 is 1.45 bits per heavy atom. The first-order valence-corrected chi connectivity index (χ1v) is 9.11. The molecule has 124 valence electrons. The number of nitrogens with one attached hydrogen (secondary N) is 2. The van der Waals surface area contributed by atoms with Crippen LogP contribution in [0.25, 0.3) is 0 Å². The van der Waals surface area contributed by atoms with Gasteiger partial charge in [0.15, 0.2) is 9.84 Å². The number of furan rings is 1. The molecule has 7 nitrogen and oxygen atoms in total.